The van der Waals surface area contributed by atoms with Crippen molar-refractivity contribution in [1.82, 2.24) is 0 Å². The lowest BCUT2D eigenvalue weighted by Crippen LogP contribution is -2.10. The van der Waals surface area contributed by atoms with Crippen molar-refractivity contribution < 1.29 is 19.1 Å². The topological polar surface area (TPSA) is 52.6 Å². The van der Waals surface area contributed by atoms with Gasteiger partial charge in [0.1, 0.15) is 11.5 Å². The summed E-state index contributed by atoms with van der Waals surface area (Å²) < 4.78 is 10.3. The summed E-state index contributed by atoms with van der Waals surface area (Å²) in [6.07, 6.45) is 0. The number of ketones is 1. The van der Waals surface area contributed by atoms with Crippen molar-refractivity contribution in [2.45, 2.75) is 6.92 Å². The molecule has 0 aliphatic heterocycles. The van der Waals surface area contributed by atoms with E-state index in [1.807, 2.05) is 6.07 Å². The maximum atomic E-state index is 12.0. The zero-order valence-corrected chi connectivity index (χ0v) is 11.3. The predicted molar refractivity (Wildman–Crippen MR) is 74.4 cm³/mol. The summed E-state index contributed by atoms with van der Waals surface area (Å²) in [7, 11) is 1.51. The quantitative estimate of drug-likeness (QED) is 0.486. The second kappa shape index (κ2) is 6.02. The van der Waals surface area contributed by atoms with E-state index in [1.54, 1.807) is 42.5 Å². The molecule has 0 aromatic heterocycles. The number of ether oxygens (including phenoxy) is 2. The fourth-order valence-corrected chi connectivity index (χ4v) is 1.73. The van der Waals surface area contributed by atoms with Gasteiger partial charge >= 0.3 is 5.97 Å². The molecule has 20 heavy (non-hydrogen) atoms. The van der Waals surface area contributed by atoms with Crippen LogP contribution >= 0.6 is 0 Å². The zero-order valence-electron chi connectivity index (χ0n) is 11.3. The SMILES string of the molecule is COc1ccc(OC(=O)c2ccccc2)c(C(C)=O)c1. The lowest BCUT2D eigenvalue weighted by Gasteiger charge is -2.09. The number of methoxy groups -OCH3 is 1. The van der Waals surface area contributed by atoms with E-state index in [1.165, 1.54) is 14.0 Å². The summed E-state index contributed by atoms with van der Waals surface area (Å²) in [6, 6.07) is 13.4. The standard InChI is InChI=1S/C16H14O4/c1-11(17)14-10-13(19-2)8-9-15(14)20-16(18)12-6-4-3-5-7-12/h3-10H,1-2H3. The first-order valence-corrected chi connectivity index (χ1v) is 6.08. The lowest BCUT2D eigenvalue weighted by atomic mass is 10.1. The minimum absolute atomic E-state index is 0.195. The van der Waals surface area contributed by atoms with Crippen LogP contribution in [0.1, 0.15) is 27.6 Å². The Kier molecular flexibility index (Phi) is 4.15. The van der Waals surface area contributed by atoms with Crippen molar-refractivity contribution in [3.63, 3.8) is 0 Å². The number of hydrogen-bond acceptors (Lipinski definition) is 4. The van der Waals surface area contributed by atoms with Crippen molar-refractivity contribution in [2.24, 2.45) is 0 Å². The summed E-state index contributed by atoms with van der Waals surface area (Å²) in [5.74, 6) is 0.0693. The van der Waals surface area contributed by atoms with Crippen LogP contribution in [0.5, 0.6) is 11.5 Å². The molecule has 0 aliphatic carbocycles. The molecule has 0 saturated carbocycles. The van der Waals surface area contributed by atoms with Gasteiger partial charge in [-0.15, -0.1) is 0 Å². The number of hydrogen-bond donors (Lipinski definition) is 0. The molecular weight excluding hydrogens is 256 g/mol. The van der Waals surface area contributed by atoms with Gasteiger partial charge in [0.25, 0.3) is 0 Å². The molecule has 0 atom stereocenters. The number of benzene rings is 2. The fraction of sp³-hybridized carbons (Fsp3) is 0.125. The van der Waals surface area contributed by atoms with Crippen molar-refractivity contribution in [2.75, 3.05) is 7.11 Å². The maximum absolute atomic E-state index is 12.0. The molecule has 0 radical (unpaired) electrons. The number of carbonyl (C=O) groups excluding carboxylic acids is 2. The summed E-state index contributed by atoms with van der Waals surface area (Å²) >= 11 is 0. The van der Waals surface area contributed by atoms with E-state index < -0.39 is 5.97 Å². The van der Waals surface area contributed by atoms with Crippen LogP contribution in [0.4, 0.5) is 0 Å². The number of rotatable bonds is 4. The third-order valence-corrected chi connectivity index (χ3v) is 2.78. The van der Waals surface area contributed by atoms with Crippen LogP contribution in [-0.4, -0.2) is 18.9 Å². The van der Waals surface area contributed by atoms with E-state index in [0.29, 0.717) is 16.9 Å². The largest absolute Gasteiger partial charge is 0.497 e. The van der Waals surface area contributed by atoms with E-state index in [-0.39, 0.29) is 11.5 Å². The van der Waals surface area contributed by atoms with Crippen molar-refractivity contribution in [3.05, 3.63) is 59.7 Å². The minimum atomic E-state index is -0.502. The zero-order chi connectivity index (χ0) is 14.5. The summed E-state index contributed by atoms with van der Waals surface area (Å²) in [4.78, 5) is 23.6. The highest BCUT2D eigenvalue weighted by atomic mass is 16.5. The maximum Gasteiger partial charge on any atom is 0.343 e. The average Bonchev–Trinajstić information content (AvgIpc) is 2.48. The first-order chi connectivity index (χ1) is 9.61. The molecule has 0 unspecified atom stereocenters. The molecule has 0 fully saturated rings. The van der Waals surface area contributed by atoms with Crippen molar-refractivity contribution in [3.8, 4) is 11.5 Å². The third kappa shape index (κ3) is 3.03. The molecule has 4 heteroatoms. The van der Waals surface area contributed by atoms with Crippen molar-refractivity contribution in [1.29, 1.82) is 0 Å². The van der Waals surface area contributed by atoms with Crippen LogP contribution in [0.3, 0.4) is 0 Å². The highest BCUT2D eigenvalue weighted by Gasteiger charge is 2.14. The molecule has 0 heterocycles. The Hall–Kier alpha value is -2.62. The smallest absolute Gasteiger partial charge is 0.343 e. The van der Waals surface area contributed by atoms with Crippen LogP contribution in [-0.2, 0) is 0 Å². The van der Waals surface area contributed by atoms with Gasteiger partial charge in [0.15, 0.2) is 5.78 Å². The normalized spacial score (nSPS) is 9.90. The van der Waals surface area contributed by atoms with Gasteiger partial charge in [-0.2, -0.15) is 0 Å². The second-order valence-electron chi connectivity index (χ2n) is 4.17. The van der Waals surface area contributed by atoms with Crippen LogP contribution in [0.15, 0.2) is 48.5 Å². The van der Waals surface area contributed by atoms with Gasteiger partial charge in [-0.1, -0.05) is 18.2 Å². The molecule has 0 spiro atoms. The van der Waals surface area contributed by atoms with E-state index in [0.717, 1.165) is 0 Å². The molecule has 2 rings (SSSR count). The first-order valence-electron chi connectivity index (χ1n) is 6.08. The summed E-state index contributed by atoms with van der Waals surface area (Å²) in [6.45, 7) is 1.41. The van der Waals surface area contributed by atoms with Gasteiger partial charge < -0.3 is 9.47 Å². The van der Waals surface area contributed by atoms with Gasteiger partial charge in [0, 0.05) is 0 Å². The van der Waals surface area contributed by atoms with E-state index in [2.05, 4.69) is 0 Å². The molecule has 0 bridgehead atoms. The van der Waals surface area contributed by atoms with Gasteiger partial charge in [-0.05, 0) is 37.3 Å². The average molecular weight is 270 g/mol. The van der Waals surface area contributed by atoms with Gasteiger partial charge in [-0.3, -0.25) is 4.79 Å². The second-order valence-corrected chi connectivity index (χ2v) is 4.17. The summed E-state index contributed by atoms with van der Waals surface area (Å²) in [5.41, 5.74) is 0.742. The fourth-order valence-electron chi connectivity index (χ4n) is 1.73. The molecule has 0 amide bonds. The molecule has 0 saturated heterocycles. The summed E-state index contributed by atoms with van der Waals surface area (Å²) in [5, 5.41) is 0. The van der Waals surface area contributed by atoms with E-state index >= 15 is 0 Å². The molecule has 0 N–H and O–H groups in total. The predicted octanol–water partition coefficient (Wildman–Crippen LogP) is 3.12. The molecule has 4 nitrogen and oxygen atoms in total. The van der Waals surface area contributed by atoms with Crippen LogP contribution in [0.2, 0.25) is 0 Å². The number of Topliss-reactive ketones (excluding diaryl/α,β-unsaturated/α-hetero) is 1. The molecular formula is C16H14O4. The monoisotopic (exact) mass is 270 g/mol. The van der Waals surface area contributed by atoms with Crippen LogP contribution < -0.4 is 9.47 Å². The number of carbonyl (C=O) groups is 2. The Balaban J connectivity index is 2.29. The van der Waals surface area contributed by atoms with E-state index in [4.69, 9.17) is 9.47 Å². The molecule has 2 aromatic carbocycles. The van der Waals surface area contributed by atoms with Gasteiger partial charge in [0.05, 0.1) is 18.2 Å². The number of esters is 1. The van der Waals surface area contributed by atoms with E-state index in [9.17, 15) is 9.59 Å². The molecule has 0 aliphatic rings. The first kappa shape index (κ1) is 13.8. The Bertz CT molecular complexity index is 632. The highest BCUT2D eigenvalue weighted by molar-refractivity contribution is 5.99. The van der Waals surface area contributed by atoms with Gasteiger partial charge in [0.2, 0.25) is 0 Å². The Morgan fingerprint density at radius 2 is 1.70 bits per heavy atom. The highest BCUT2D eigenvalue weighted by Crippen LogP contribution is 2.25. The van der Waals surface area contributed by atoms with Crippen LogP contribution in [0, 0.1) is 0 Å². The Morgan fingerprint density at radius 3 is 2.30 bits per heavy atom. The lowest BCUT2D eigenvalue weighted by molar-refractivity contribution is 0.0732. The third-order valence-electron chi connectivity index (χ3n) is 2.78. The molecule has 2 aromatic rings. The van der Waals surface area contributed by atoms with Crippen LogP contribution in [0.25, 0.3) is 0 Å². The Morgan fingerprint density at radius 1 is 1.00 bits per heavy atom. The van der Waals surface area contributed by atoms with Crippen molar-refractivity contribution >= 4 is 11.8 Å². The molecule has 102 valence electrons. The minimum Gasteiger partial charge on any atom is -0.497 e. The Labute approximate surface area is 116 Å². The van der Waals surface area contributed by atoms with Gasteiger partial charge in [-0.25, -0.2) is 4.79 Å².